The van der Waals surface area contributed by atoms with Crippen LogP contribution in [0.3, 0.4) is 0 Å². The highest BCUT2D eigenvalue weighted by Gasteiger charge is 2.43. The highest BCUT2D eigenvalue weighted by atomic mass is 35.5. The van der Waals surface area contributed by atoms with Gasteiger partial charge >= 0.3 is 6.03 Å². The number of nitrogen functional groups attached to an aromatic ring is 1. The van der Waals surface area contributed by atoms with Crippen LogP contribution in [0.15, 0.2) is 23.1 Å². The largest absolute Gasteiger partial charge is 0.399 e. The number of anilines is 1. The van der Waals surface area contributed by atoms with Gasteiger partial charge in [0.2, 0.25) is 0 Å². The third-order valence-electron chi connectivity index (χ3n) is 2.97. The van der Waals surface area contributed by atoms with E-state index in [1.807, 2.05) is 6.07 Å². The maximum atomic E-state index is 12.0. The minimum Gasteiger partial charge on any atom is -0.399 e. The number of nitrogens with two attached hydrogens (primary N) is 1. The summed E-state index contributed by atoms with van der Waals surface area (Å²) >= 11 is 7.55. The molecule has 1 aliphatic heterocycles. The summed E-state index contributed by atoms with van der Waals surface area (Å²) in [5.74, 6) is 0.380. The van der Waals surface area contributed by atoms with Crippen molar-refractivity contribution < 1.29 is 9.59 Å². The number of carbonyl (C=O) groups excluding carboxylic acids is 2. The summed E-state index contributed by atoms with van der Waals surface area (Å²) in [7, 11) is 0. The average molecular weight is 314 g/mol. The van der Waals surface area contributed by atoms with E-state index in [9.17, 15) is 9.59 Å². The lowest BCUT2D eigenvalue weighted by molar-refractivity contribution is -0.130. The Kier molecular flexibility index (Phi) is 4.15. The van der Waals surface area contributed by atoms with Crippen LogP contribution in [0.5, 0.6) is 0 Å². The summed E-state index contributed by atoms with van der Waals surface area (Å²) in [6.45, 7) is 3.73. The fraction of sp³-hybridized carbons (Fsp3) is 0.385. The zero-order valence-electron chi connectivity index (χ0n) is 11.3. The number of carbonyl (C=O) groups is 2. The van der Waals surface area contributed by atoms with E-state index in [1.54, 1.807) is 26.0 Å². The number of imide groups is 1. The first-order chi connectivity index (χ1) is 9.31. The number of hydrogen-bond donors (Lipinski definition) is 2. The van der Waals surface area contributed by atoms with E-state index in [-0.39, 0.29) is 11.9 Å². The fourth-order valence-electron chi connectivity index (χ4n) is 1.90. The quantitative estimate of drug-likeness (QED) is 0.508. The summed E-state index contributed by atoms with van der Waals surface area (Å²) in [6.07, 6.45) is 0. The Balaban J connectivity index is 1.93. The smallest absolute Gasteiger partial charge is 0.325 e. The number of rotatable bonds is 4. The Labute approximate surface area is 126 Å². The van der Waals surface area contributed by atoms with Gasteiger partial charge in [-0.25, -0.2) is 4.79 Å². The van der Waals surface area contributed by atoms with Crippen molar-refractivity contribution in [3.05, 3.63) is 23.2 Å². The summed E-state index contributed by atoms with van der Waals surface area (Å²) in [4.78, 5) is 25.8. The molecule has 2 rings (SSSR count). The van der Waals surface area contributed by atoms with Crippen molar-refractivity contribution >= 4 is 41.0 Å². The predicted octanol–water partition coefficient (Wildman–Crippen LogP) is 2.34. The molecule has 0 unspecified atom stereocenters. The van der Waals surface area contributed by atoms with Crippen molar-refractivity contribution in [1.29, 1.82) is 0 Å². The molecule has 5 nitrogen and oxygen atoms in total. The molecule has 1 fully saturated rings. The van der Waals surface area contributed by atoms with Gasteiger partial charge in [0.25, 0.3) is 5.91 Å². The van der Waals surface area contributed by atoms with Crippen LogP contribution in [-0.4, -0.2) is 34.7 Å². The molecule has 0 atom stereocenters. The molecular formula is C13H16ClN3O2S. The number of urea groups is 1. The van der Waals surface area contributed by atoms with Crippen LogP contribution >= 0.6 is 23.4 Å². The standard InChI is InChI=1S/C13H16ClN3O2S/c1-13(2)11(18)17(12(19)16-13)5-6-20-10-4-3-8(15)7-9(10)14/h3-4,7H,5-6,15H2,1-2H3,(H,16,19). The highest BCUT2D eigenvalue weighted by Crippen LogP contribution is 2.29. The molecule has 7 heteroatoms. The molecule has 1 aliphatic rings. The van der Waals surface area contributed by atoms with Crippen molar-refractivity contribution in [1.82, 2.24) is 10.2 Å². The van der Waals surface area contributed by atoms with E-state index in [4.69, 9.17) is 17.3 Å². The molecule has 0 bridgehead atoms. The van der Waals surface area contributed by atoms with Crippen LogP contribution in [0, 0.1) is 0 Å². The first-order valence-electron chi connectivity index (χ1n) is 6.13. The third kappa shape index (κ3) is 3.02. The second-order valence-corrected chi connectivity index (χ2v) is 6.59. The molecule has 108 valence electrons. The van der Waals surface area contributed by atoms with Gasteiger partial charge in [0.1, 0.15) is 5.54 Å². The highest BCUT2D eigenvalue weighted by molar-refractivity contribution is 7.99. The Morgan fingerprint density at radius 2 is 2.10 bits per heavy atom. The normalized spacial score (nSPS) is 17.4. The minimum atomic E-state index is -0.819. The Morgan fingerprint density at radius 1 is 1.40 bits per heavy atom. The topological polar surface area (TPSA) is 75.4 Å². The molecule has 1 aromatic carbocycles. The zero-order chi connectivity index (χ0) is 14.9. The number of nitrogens with one attached hydrogen (secondary N) is 1. The van der Waals surface area contributed by atoms with E-state index in [0.29, 0.717) is 23.0 Å². The van der Waals surface area contributed by atoms with Crippen LogP contribution in [-0.2, 0) is 4.79 Å². The van der Waals surface area contributed by atoms with Crippen LogP contribution < -0.4 is 11.1 Å². The van der Waals surface area contributed by atoms with Crippen LogP contribution in [0.2, 0.25) is 5.02 Å². The Bertz CT molecular complexity index is 563. The first kappa shape index (κ1) is 15.0. The lowest BCUT2D eigenvalue weighted by atomic mass is 10.1. The summed E-state index contributed by atoms with van der Waals surface area (Å²) < 4.78 is 0. The number of nitrogens with zero attached hydrogens (tertiary/aromatic N) is 1. The fourth-order valence-corrected chi connectivity index (χ4v) is 3.11. The van der Waals surface area contributed by atoms with Gasteiger partial charge in [0.15, 0.2) is 0 Å². The Hall–Kier alpha value is -1.40. The first-order valence-corrected chi connectivity index (χ1v) is 7.49. The van der Waals surface area contributed by atoms with E-state index in [1.165, 1.54) is 16.7 Å². The maximum absolute atomic E-state index is 12.0. The van der Waals surface area contributed by atoms with Gasteiger partial charge in [-0.2, -0.15) is 0 Å². The minimum absolute atomic E-state index is 0.202. The molecule has 0 spiro atoms. The second-order valence-electron chi connectivity index (χ2n) is 5.05. The van der Waals surface area contributed by atoms with Gasteiger partial charge in [-0.3, -0.25) is 9.69 Å². The molecule has 1 heterocycles. The zero-order valence-corrected chi connectivity index (χ0v) is 12.8. The van der Waals surface area contributed by atoms with Crippen molar-refractivity contribution in [3.63, 3.8) is 0 Å². The summed E-state index contributed by atoms with van der Waals surface area (Å²) in [5, 5.41) is 3.22. The molecule has 3 N–H and O–H groups in total. The number of amides is 3. The van der Waals surface area contributed by atoms with Crippen LogP contribution in [0.1, 0.15) is 13.8 Å². The summed E-state index contributed by atoms with van der Waals surface area (Å²) in [6, 6.07) is 4.94. The molecular weight excluding hydrogens is 298 g/mol. The molecule has 20 heavy (non-hydrogen) atoms. The van der Waals surface area contributed by atoms with E-state index in [0.717, 1.165) is 4.90 Å². The average Bonchev–Trinajstić information content (AvgIpc) is 2.53. The number of thioether (sulfide) groups is 1. The van der Waals surface area contributed by atoms with Crippen molar-refractivity contribution in [2.45, 2.75) is 24.3 Å². The van der Waals surface area contributed by atoms with Crippen molar-refractivity contribution in [3.8, 4) is 0 Å². The van der Waals surface area contributed by atoms with Crippen molar-refractivity contribution in [2.24, 2.45) is 0 Å². The number of halogens is 1. The van der Waals surface area contributed by atoms with Gasteiger partial charge in [-0.15, -0.1) is 11.8 Å². The van der Waals surface area contributed by atoms with Gasteiger partial charge < -0.3 is 11.1 Å². The molecule has 0 aliphatic carbocycles. The van der Waals surface area contributed by atoms with Gasteiger partial charge in [0.05, 0.1) is 5.02 Å². The molecule has 0 radical (unpaired) electrons. The molecule has 0 aromatic heterocycles. The molecule has 1 aromatic rings. The van der Waals surface area contributed by atoms with E-state index in [2.05, 4.69) is 5.32 Å². The lowest BCUT2D eigenvalue weighted by Crippen LogP contribution is -2.40. The molecule has 3 amide bonds. The third-order valence-corrected chi connectivity index (χ3v) is 4.45. The molecule has 1 saturated heterocycles. The van der Waals surface area contributed by atoms with Gasteiger partial charge in [0, 0.05) is 22.9 Å². The van der Waals surface area contributed by atoms with E-state index < -0.39 is 5.54 Å². The van der Waals surface area contributed by atoms with Crippen molar-refractivity contribution in [2.75, 3.05) is 18.0 Å². The monoisotopic (exact) mass is 313 g/mol. The summed E-state index contributed by atoms with van der Waals surface area (Å²) in [5.41, 5.74) is 5.41. The number of benzene rings is 1. The second kappa shape index (κ2) is 5.54. The van der Waals surface area contributed by atoms with Gasteiger partial charge in [-0.1, -0.05) is 11.6 Å². The van der Waals surface area contributed by atoms with Crippen LogP contribution in [0.4, 0.5) is 10.5 Å². The van der Waals surface area contributed by atoms with Crippen LogP contribution in [0.25, 0.3) is 0 Å². The molecule has 0 saturated carbocycles. The maximum Gasteiger partial charge on any atom is 0.325 e. The van der Waals surface area contributed by atoms with E-state index >= 15 is 0 Å². The SMILES string of the molecule is CC1(C)NC(=O)N(CCSc2ccc(N)cc2Cl)C1=O. The lowest BCUT2D eigenvalue weighted by Gasteiger charge is -2.15. The van der Waals surface area contributed by atoms with Gasteiger partial charge in [-0.05, 0) is 32.0 Å². The predicted molar refractivity (Wildman–Crippen MR) is 80.9 cm³/mol. The Morgan fingerprint density at radius 3 is 2.65 bits per heavy atom. The number of hydrogen-bond acceptors (Lipinski definition) is 4.